The lowest BCUT2D eigenvalue weighted by atomic mass is 9.98. The van der Waals surface area contributed by atoms with Crippen molar-refractivity contribution in [3.8, 4) is 5.75 Å². The molecule has 28 heavy (non-hydrogen) atoms. The first kappa shape index (κ1) is 20.4. The van der Waals surface area contributed by atoms with Crippen LogP contribution in [0.3, 0.4) is 0 Å². The largest absolute Gasteiger partial charge is 0.497 e. The second-order valence-electron chi connectivity index (χ2n) is 7.02. The highest BCUT2D eigenvalue weighted by molar-refractivity contribution is 7.89. The molecule has 0 radical (unpaired) electrons. The maximum Gasteiger partial charge on any atom is 0.243 e. The molecule has 0 bridgehead atoms. The number of methoxy groups -OCH3 is 1. The Kier molecular flexibility index (Phi) is 6.36. The van der Waals surface area contributed by atoms with E-state index >= 15 is 0 Å². The van der Waals surface area contributed by atoms with E-state index in [0.29, 0.717) is 31.7 Å². The summed E-state index contributed by atoms with van der Waals surface area (Å²) in [5.41, 5.74) is 2.18. The summed E-state index contributed by atoms with van der Waals surface area (Å²) in [4.78, 5) is 12.8. The number of ether oxygens (including phenoxy) is 1. The number of piperidine rings is 1. The highest BCUT2D eigenvalue weighted by Gasteiger charge is 2.33. The standard InChI is InChI=1S/C21H26N2O4S/c1-16-6-3-4-7-17(16)14-22-21(24)18-8-5-13-23(15-18)28(25,26)20-11-9-19(27-2)10-12-20/h3-4,6-7,9-12,18H,5,8,13-15H2,1-2H3,(H,22,24). The van der Waals surface area contributed by atoms with Gasteiger partial charge >= 0.3 is 0 Å². The summed E-state index contributed by atoms with van der Waals surface area (Å²) in [6, 6.07) is 14.2. The fraction of sp³-hybridized carbons (Fsp3) is 0.381. The molecule has 1 fully saturated rings. The number of hydrogen-bond donors (Lipinski definition) is 1. The second kappa shape index (κ2) is 8.75. The van der Waals surface area contributed by atoms with E-state index in [-0.39, 0.29) is 23.3 Å². The Morgan fingerprint density at radius 3 is 2.57 bits per heavy atom. The Balaban J connectivity index is 1.65. The van der Waals surface area contributed by atoms with Gasteiger partial charge < -0.3 is 10.1 Å². The lowest BCUT2D eigenvalue weighted by Crippen LogP contribution is -2.45. The average Bonchev–Trinajstić information content (AvgIpc) is 2.73. The molecule has 1 saturated heterocycles. The van der Waals surface area contributed by atoms with Crippen molar-refractivity contribution in [3.05, 3.63) is 59.7 Å². The van der Waals surface area contributed by atoms with Gasteiger partial charge in [-0.2, -0.15) is 4.31 Å². The van der Waals surface area contributed by atoms with Crippen molar-refractivity contribution in [2.75, 3.05) is 20.2 Å². The lowest BCUT2D eigenvalue weighted by molar-refractivity contribution is -0.126. The Hall–Kier alpha value is -2.38. The summed E-state index contributed by atoms with van der Waals surface area (Å²) in [5, 5.41) is 2.96. The molecule has 6 nitrogen and oxygen atoms in total. The van der Waals surface area contributed by atoms with Crippen molar-refractivity contribution < 1.29 is 17.9 Å². The quantitative estimate of drug-likeness (QED) is 0.806. The maximum absolute atomic E-state index is 12.9. The number of carbonyl (C=O) groups is 1. The Morgan fingerprint density at radius 1 is 1.18 bits per heavy atom. The summed E-state index contributed by atoms with van der Waals surface area (Å²) in [6.07, 6.45) is 1.35. The number of aryl methyl sites for hydroxylation is 1. The molecule has 3 rings (SSSR count). The Morgan fingerprint density at radius 2 is 1.89 bits per heavy atom. The van der Waals surface area contributed by atoms with Crippen molar-refractivity contribution in [1.82, 2.24) is 9.62 Å². The van der Waals surface area contributed by atoms with E-state index in [2.05, 4.69) is 5.32 Å². The smallest absolute Gasteiger partial charge is 0.243 e. The third kappa shape index (κ3) is 4.54. The molecule has 150 valence electrons. The van der Waals surface area contributed by atoms with Crippen molar-refractivity contribution in [3.63, 3.8) is 0 Å². The van der Waals surface area contributed by atoms with Gasteiger partial charge in [-0.05, 0) is 55.2 Å². The van der Waals surface area contributed by atoms with Crippen LogP contribution in [0.4, 0.5) is 0 Å². The van der Waals surface area contributed by atoms with E-state index in [1.807, 2.05) is 31.2 Å². The minimum Gasteiger partial charge on any atom is -0.497 e. The number of nitrogens with zero attached hydrogens (tertiary/aromatic N) is 1. The zero-order chi connectivity index (χ0) is 20.1. The third-order valence-corrected chi connectivity index (χ3v) is 7.05. The SMILES string of the molecule is COc1ccc(S(=O)(=O)N2CCCC(C(=O)NCc3ccccc3C)C2)cc1. The number of carbonyl (C=O) groups excluding carboxylic acids is 1. The molecule has 1 N–H and O–H groups in total. The van der Waals surface area contributed by atoms with Crippen LogP contribution in [0.1, 0.15) is 24.0 Å². The average molecular weight is 403 g/mol. The molecule has 0 saturated carbocycles. The van der Waals surface area contributed by atoms with Gasteiger partial charge in [-0.1, -0.05) is 24.3 Å². The van der Waals surface area contributed by atoms with Gasteiger partial charge in [-0.15, -0.1) is 0 Å². The third-order valence-electron chi connectivity index (χ3n) is 5.17. The first-order valence-electron chi connectivity index (χ1n) is 9.38. The van der Waals surface area contributed by atoms with Gasteiger partial charge in [0.05, 0.1) is 17.9 Å². The van der Waals surface area contributed by atoms with E-state index in [0.717, 1.165) is 11.1 Å². The molecule has 0 aliphatic carbocycles. The lowest BCUT2D eigenvalue weighted by Gasteiger charge is -2.31. The molecule has 1 unspecified atom stereocenters. The monoisotopic (exact) mass is 402 g/mol. The number of amides is 1. The predicted molar refractivity (Wildman–Crippen MR) is 108 cm³/mol. The zero-order valence-electron chi connectivity index (χ0n) is 16.2. The highest BCUT2D eigenvalue weighted by Crippen LogP contribution is 2.25. The van der Waals surface area contributed by atoms with Gasteiger partial charge in [0.25, 0.3) is 0 Å². The van der Waals surface area contributed by atoms with Gasteiger partial charge in [0.2, 0.25) is 15.9 Å². The number of nitrogens with one attached hydrogen (secondary N) is 1. The minimum atomic E-state index is -3.63. The maximum atomic E-state index is 12.9. The van der Waals surface area contributed by atoms with Crippen LogP contribution in [0.15, 0.2) is 53.4 Å². The predicted octanol–water partition coefficient (Wildman–Crippen LogP) is 2.72. The molecule has 0 aromatic heterocycles. The second-order valence-corrected chi connectivity index (χ2v) is 8.96. The van der Waals surface area contributed by atoms with Crippen LogP contribution in [-0.4, -0.2) is 38.8 Å². The fourth-order valence-corrected chi connectivity index (χ4v) is 4.93. The summed E-state index contributed by atoms with van der Waals surface area (Å²) >= 11 is 0. The van der Waals surface area contributed by atoms with E-state index in [9.17, 15) is 13.2 Å². The summed E-state index contributed by atoms with van der Waals surface area (Å²) in [5.74, 6) is 0.162. The Labute approximate surface area is 166 Å². The van der Waals surface area contributed by atoms with Gasteiger partial charge in [-0.3, -0.25) is 4.79 Å². The van der Waals surface area contributed by atoms with Crippen LogP contribution < -0.4 is 10.1 Å². The molecule has 1 heterocycles. The normalized spacial score (nSPS) is 17.9. The van der Waals surface area contributed by atoms with E-state index in [1.54, 1.807) is 12.1 Å². The fourth-order valence-electron chi connectivity index (χ4n) is 3.41. The number of benzene rings is 2. The summed E-state index contributed by atoms with van der Waals surface area (Å²) in [7, 11) is -2.09. The number of hydrogen-bond acceptors (Lipinski definition) is 4. The molecule has 1 aliphatic heterocycles. The van der Waals surface area contributed by atoms with Gasteiger partial charge in [0, 0.05) is 19.6 Å². The van der Waals surface area contributed by atoms with Gasteiger partial charge in [-0.25, -0.2) is 8.42 Å². The van der Waals surface area contributed by atoms with Gasteiger partial charge in [0.1, 0.15) is 5.75 Å². The molecular weight excluding hydrogens is 376 g/mol. The zero-order valence-corrected chi connectivity index (χ0v) is 17.0. The van der Waals surface area contributed by atoms with Crippen LogP contribution in [0.2, 0.25) is 0 Å². The molecule has 2 aromatic carbocycles. The Bertz CT molecular complexity index is 926. The molecule has 1 aliphatic rings. The first-order valence-corrected chi connectivity index (χ1v) is 10.8. The van der Waals surface area contributed by atoms with Crippen LogP contribution in [0, 0.1) is 12.8 Å². The van der Waals surface area contributed by atoms with Crippen LogP contribution in [0.5, 0.6) is 5.75 Å². The number of rotatable bonds is 6. The van der Waals surface area contributed by atoms with E-state index in [4.69, 9.17) is 4.74 Å². The summed E-state index contributed by atoms with van der Waals surface area (Å²) < 4.78 is 32.4. The van der Waals surface area contributed by atoms with Crippen molar-refractivity contribution >= 4 is 15.9 Å². The van der Waals surface area contributed by atoms with E-state index in [1.165, 1.54) is 23.5 Å². The van der Waals surface area contributed by atoms with Crippen molar-refractivity contribution in [2.24, 2.45) is 5.92 Å². The molecule has 0 spiro atoms. The van der Waals surface area contributed by atoms with Gasteiger partial charge in [0.15, 0.2) is 0 Å². The molecule has 2 aromatic rings. The highest BCUT2D eigenvalue weighted by atomic mass is 32.2. The molecule has 1 amide bonds. The number of sulfonamides is 1. The molecular formula is C21H26N2O4S. The molecule has 7 heteroatoms. The van der Waals surface area contributed by atoms with Crippen molar-refractivity contribution in [1.29, 1.82) is 0 Å². The summed E-state index contributed by atoms with van der Waals surface area (Å²) in [6.45, 7) is 3.09. The van der Waals surface area contributed by atoms with Crippen molar-refractivity contribution in [2.45, 2.75) is 31.2 Å². The minimum absolute atomic E-state index is 0.0992. The van der Waals surface area contributed by atoms with Crippen LogP contribution in [0.25, 0.3) is 0 Å². The van der Waals surface area contributed by atoms with Crippen LogP contribution in [-0.2, 0) is 21.4 Å². The van der Waals surface area contributed by atoms with Crippen LogP contribution >= 0.6 is 0 Å². The molecule has 1 atom stereocenters. The first-order chi connectivity index (χ1) is 13.4. The van der Waals surface area contributed by atoms with E-state index < -0.39 is 10.0 Å². The topological polar surface area (TPSA) is 75.7 Å².